The van der Waals surface area contributed by atoms with Crippen molar-refractivity contribution in [2.45, 2.75) is 45.1 Å². The highest BCUT2D eigenvalue weighted by molar-refractivity contribution is 5.95. The summed E-state index contributed by atoms with van der Waals surface area (Å²) in [5.41, 5.74) is 7.25. The van der Waals surface area contributed by atoms with Gasteiger partial charge in [-0.1, -0.05) is 30.3 Å². The summed E-state index contributed by atoms with van der Waals surface area (Å²) in [5.74, 6) is 0.225. The van der Waals surface area contributed by atoms with Crippen molar-refractivity contribution in [1.29, 1.82) is 0 Å². The van der Waals surface area contributed by atoms with Crippen molar-refractivity contribution in [3.05, 3.63) is 77.5 Å². The van der Waals surface area contributed by atoms with Crippen LogP contribution in [0, 0.1) is 0 Å². The summed E-state index contributed by atoms with van der Waals surface area (Å²) in [7, 11) is 0. The molecule has 36 heavy (non-hydrogen) atoms. The monoisotopic (exact) mass is 498 g/mol. The molecule has 0 aliphatic carbocycles. The predicted octanol–water partition coefficient (Wildman–Crippen LogP) is 5.31. The molecule has 3 N–H and O–H groups in total. The molecule has 1 aromatic heterocycles. The van der Waals surface area contributed by atoms with Crippen LogP contribution in [0.4, 0.5) is 19.0 Å². The minimum absolute atomic E-state index is 0.00845. The summed E-state index contributed by atoms with van der Waals surface area (Å²) >= 11 is 0. The van der Waals surface area contributed by atoms with Crippen LogP contribution in [-0.2, 0) is 6.18 Å². The summed E-state index contributed by atoms with van der Waals surface area (Å²) in [6.45, 7) is 6.98. The number of nitrogens with zero attached hydrogens (tertiary/aromatic N) is 2. The molecular weight excluding hydrogens is 469 g/mol. The van der Waals surface area contributed by atoms with Crippen molar-refractivity contribution in [2.75, 3.05) is 18.8 Å². The highest BCUT2D eigenvalue weighted by Gasteiger charge is 2.34. The summed E-state index contributed by atoms with van der Waals surface area (Å²) in [6.07, 6.45) is -3.85. The third kappa shape index (κ3) is 5.46. The number of hydrogen-bond acceptors (Lipinski definition) is 5. The third-order valence-electron chi connectivity index (χ3n) is 6.38. The predicted molar refractivity (Wildman–Crippen MR) is 133 cm³/mol. The maximum atomic E-state index is 13.4. The smallest absolute Gasteiger partial charge is 0.416 e. The standard InChI is InChI=1S/C27H29F3N4O2/c1-16-15-34(17(2)13-32-16)26(35)20-10-8-19(9-11-20)21-12-24(25(31)33-14-21)36-18(3)22-6-4-5-7-23(22)27(28,29)30/h4-12,14,16-18,32H,13,15H2,1-3H3,(H2,31,33). The molecule has 2 aromatic carbocycles. The molecule has 190 valence electrons. The Balaban J connectivity index is 1.54. The summed E-state index contributed by atoms with van der Waals surface area (Å²) in [5, 5.41) is 3.36. The van der Waals surface area contributed by atoms with E-state index in [9.17, 15) is 18.0 Å². The van der Waals surface area contributed by atoms with E-state index in [1.165, 1.54) is 25.1 Å². The molecule has 3 atom stereocenters. The van der Waals surface area contributed by atoms with E-state index >= 15 is 0 Å². The van der Waals surface area contributed by atoms with Crippen molar-refractivity contribution in [1.82, 2.24) is 15.2 Å². The number of aromatic nitrogens is 1. The van der Waals surface area contributed by atoms with Gasteiger partial charge in [-0.15, -0.1) is 0 Å². The minimum Gasteiger partial charge on any atom is -0.482 e. The molecule has 0 spiro atoms. The van der Waals surface area contributed by atoms with E-state index in [-0.39, 0.29) is 35.1 Å². The summed E-state index contributed by atoms with van der Waals surface area (Å²) < 4.78 is 46.2. The number of piperazine rings is 1. The average Bonchev–Trinajstić information content (AvgIpc) is 2.86. The van der Waals surface area contributed by atoms with Crippen LogP contribution in [0.3, 0.4) is 0 Å². The van der Waals surface area contributed by atoms with Crippen LogP contribution in [0.5, 0.6) is 5.75 Å². The Hall–Kier alpha value is -3.59. The van der Waals surface area contributed by atoms with Gasteiger partial charge < -0.3 is 20.7 Å². The largest absolute Gasteiger partial charge is 0.482 e. The number of hydrogen-bond donors (Lipinski definition) is 2. The van der Waals surface area contributed by atoms with Gasteiger partial charge in [0.2, 0.25) is 0 Å². The number of nitrogens with one attached hydrogen (secondary N) is 1. The van der Waals surface area contributed by atoms with Gasteiger partial charge in [-0.2, -0.15) is 13.2 Å². The Labute approximate surface area is 208 Å². The normalized spacial score (nSPS) is 19.1. The molecule has 3 aromatic rings. The molecule has 9 heteroatoms. The van der Waals surface area contributed by atoms with Crippen LogP contribution < -0.4 is 15.8 Å². The molecule has 1 aliphatic rings. The number of ether oxygens (including phenoxy) is 1. The molecule has 1 amide bonds. The van der Waals surface area contributed by atoms with Crippen LogP contribution in [0.1, 0.15) is 48.4 Å². The highest BCUT2D eigenvalue weighted by Crippen LogP contribution is 2.37. The number of amides is 1. The van der Waals surface area contributed by atoms with Gasteiger partial charge in [-0.05, 0) is 50.6 Å². The molecule has 4 rings (SSSR count). The first-order chi connectivity index (χ1) is 17.0. The topological polar surface area (TPSA) is 80.5 Å². The maximum Gasteiger partial charge on any atom is 0.416 e. The number of alkyl halides is 3. The minimum atomic E-state index is -4.50. The second-order valence-electron chi connectivity index (χ2n) is 9.15. The van der Waals surface area contributed by atoms with Crippen molar-refractivity contribution < 1.29 is 22.7 Å². The number of benzene rings is 2. The van der Waals surface area contributed by atoms with Crippen LogP contribution in [-0.4, -0.2) is 41.0 Å². The Morgan fingerprint density at radius 1 is 1.14 bits per heavy atom. The lowest BCUT2D eigenvalue weighted by Gasteiger charge is -2.37. The van der Waals surface area contributed by atoms with Crippen LogP contribution in [0.15, 0.2) is 60.8 Å². The summed E-state index contributed by atoms with van der Waals surface area (Å²) in [4.78, 5) is 19.1. The number of anilines is 1. The van der Waals surface area contributed by atoms with E-state index in [1.54, 1.807) is 24.4 Å². The molecule has 0 bridgehead atoms. The Morgan fingerprint density at radius 3 is 2.53 bits per heavy atom. The first-order valence-corrected chi connectivity index (χ1v) is 11.8. The highest BCUT2D eigenvalue weighted by atomic mass is 19.4. The molecular formula is C27H29F3N4O2. The van der Waals surface area contributed by atoms with Gasteiger partial charge in [0.1, 0.15) is 6.10 Å². The number of nitrogens with two attached hydrogens (primary N) is 1. The van der Waals surface area contributed by atoms with E-state index in [0.29, 0.717) is 17.7 Å². The van der Waals surface area contributed by atoms with E-state index < -0.39 is 17.8 Å². The molecule has 3 unspecified atom stereocenters. The van der Waals surface area contributed by atoms with Gasteiger partial charge in [0.15, 0.2) is 11.6 Å². The molecule has 0 radical (unpaired) electrons. The zero-order valence-corrected chi connectivity index (χ0v) is 20.3. The van der Waals surface area contributed by atoms with Crippen LogP contribution in [0.25, 0.3) is 11.1 Å². The quantitative estimate of drug-likeness (QED) is 0.498. The van der Waals surface area contributed by atoms with Gasteiger partial charge in [-0.25, -0.2) is 4.98 Å². The fourth-order valence-corrected chi connectivity index (χ4v) is 4.35. The van der Waals surface area contributed by atoms with Gasteiger partial charge in [-0.3, -0.25) is 4.79 Å². The van der Waals surface area contributed by atoms with Crippen molar-refractivity contribution in [3.63, 3.8) is 0 Å². The molecule has 1 aliphatic heterocycles. The third-order valence-corrected chi connectivity index (χ3v) is 6.38. The zero-order chi connectivity index (χ0) is 26.0. The van der Waals surface area contributed by atoms with Crippen LogP contribution in [0.2, 0.25) is 0 Å². The van der Waals surface area contributed by atoms with Crippen molar-refractivity contribution in [2.24, 2.45) is 0 Å². The molecule has 6 nitrogen and oxygen atoms in total. The van der Waals surface area contributed by atoms with Gasteiger partial charge in [0, 0.05) is 48.1 Å². The Morgan fingerprint density at radius 2 is 1.83 bits per heavy atom. The van der Waals surface area contributed by atoms with Crippen molar-refractivity contribution in [3.8, 4) is 16.9 Å². The van der Waals surface area contributed by atoms with E-state index in [2.05, 4.69) is 10.3 Å². The number of carbonyl (C=O) groups is 1. The van der Waals surface area contributed by atoms with E-state index in [1.807, 2.05) is 30.9 Å². The lowest BCUT2D eigenvalue weighted by molar-refractivity contribution is -0.138. The fourth-order valence-electron chi connectivity index (χ4n) is 4.35. The number of nitrogen functional groups attached to an aromatic ring is 1. The average molecular weight is 499 g/mol. The van der Waals surface area contributed by atoms with Crippen molar-refractivity contribution >= 4 is 11.7 Å². The first kappa shape index (κ1) is 25.5. The molecule has 1 fully saturated rings. The number of halogens is 3. The van der Waals surface area contributed by atoms with E-state index in [0.717, 1.165) is 18.2 Å². The van der Waals surface area contributed by atoms with Crippen LogP contribution >= 0.6 is 0 Å². The Kier molecular flexibility index (Phi) is 7.21. The first-order valence-electron chi connectivity index (χ1n) is 11.8. The molecule has 1 saturated heterocycles. The molecule has 2 heterocycles. The van der Waals surface area contributed by atoms with Gasteiger partial charge in [0.25, 0.3) is 5.91 Å². The second-order valence-corrected chi connectivity index (χ2v) is 9.15. The lowest BCUT2D eigenvalue weighted by atomic mass is 10.0. The number of pyridine rings is 1. The number of rotatable bonds is 5. The summed E-state index contributed by atoms with van der Waals surface area (Å²) in [6, 6.07) is 14.4. The Bertz CT molecular complexity index is 1230. The molecule has 0 saturated carbocycles. The second kappa shape index (κ2) is 10.2. The maximum absolute atomic E-state index is 13.4. The zero-order valence-electron chi connectivity index (χ0n) is 20.3. The number of carbonyl (C=O) groups excluding carboxylic acids is 1. The van der Waals surface area contributed by atoms with Gasteiger partial charge in [0.05, 0.1) is 5.56 Å². The van der Waals surface area contributed by atoms with E-state index in [4.69, 9.17) is 10.5 Å². The fraction of sp³-hybridized carbons (Fsp3) is 0.333. The van der Waals surface area contributed by atoms with Gasteiger partial charge >= 0.3 is 6.18 Å². The lowest BCUT2D eigenvalue weighted by Crippen LogP contribution is -2.56. The SMILES string of the molecule is CC1CN(C(=O)c2ccc(-c3cnc(N)c(OC(C)c4ccccc4C(F)(F)F)c3)cc2)C(C)CN1.